The summed E-state index contributed by atoms with van der Waals surface area (Å²) < 4.78 is 5.54. The Bertz CT molecular complexity index is 132. The van der Waals surface area contributed by atoms with Crippen molar-refractivity contribution in [3.63, 3.8) is 0 Å². The summed E-state index contributed by atoms with van der Waals surface area (Å²) in [5.74, 6) is 1.75. The zero-order chi connectivity index (χ0) is 8.85. The van der Waals surface area contributed by atoms with Gasteiger partial charge in [-0.1, -0.05) is 20.3 Å². The van der Waals surface area contributed by atoms with Crippen LogP contribution in [0, 0.1) is 5.92 Å². The monoisotopic (exact) mass is 156 g/mol. The Balaban J connectivity index is 3.63. The summed E-state index contributed by atoms with van der Waals surface area (Å²) >= 11 is 0. The fourth-order valence-corrected chi connectivity index (χ4v) is 0.529. The van der Waals surface area contributed by atoms with Crippen LogP contribution in [0.1, 0.15) is 41.0 Å². The lowest BCUT2D eigenvalue weighted by Gasteiger charge is -2.11. The molecule has 1 nitrogen and oxygen atoms in total. The highest BCUT2D eigenvalue weighted by Crippen LogP contribution is 2.08. The standard InChI is InChI=1S/C10H20O/c1-6-9(4)7-11-10(5)8(2)3/h9H,6-7H2,1-5H3. The molecule has 0 aromatic carbocycles. The number of hydrogen-bond acceptors (Lipinski definition) is 1. The Kier molecular flexibility index (Phi) is 5.01. The summed E-state index contributed by atoms with van der Waals surface area (Å²) in [6, 6.07) is 0. The Hall–Kier alpha value is -0.460. The van der Waals surface area contributed by atoms with Crippen molar-refractivity contribution in [1.82, 2.24) is 0 Å². The lowest BCUT2D eigenvalue weighted by atomic mass is 10.1. The smallest absolute Gasteiger partial charge is 0.0915 e. The highest BCUT2D eigenvalue weighted by atomic mass is 16.5. The van der Waals surface area contributed by atoms with Crippen molar-refractivity contribution in [2.75, 3.05) is 6.61 Å². The Morgan fingerprint density at radius 2 is 1.82 bits per heavy atom. The van der Waals surface area contributed by atoms with E-state index in [1.165, 1.54) is 12.0 Å². The second-order valence-electron chi connectivity index (χ2n) is 3.38. The average Bonchev–Trinajstić information content (AvgIpc) is 1.99. The van der Waals surface area contributed by atoms with Crippen LogP contribution in [0.3, 0.4) is 0 Å². The molecule has 0 aliphatic carbocycles. The highest BCUT2D eigenvalue weighted by Gasteiger charge is 1.99. The van der Waals surface area contributed by atoms with Crippen molar-refractivity contribution in [3.8, 4) is 0 Å². The van der Waals surface area contributed by atoms with E-state index in [0.29, 0.717) is 5.92 Å². The van der Waals surface area contributed by atoms with Gasteiger partial charge in [0.15, 0.2) is 0 Å². The van der Waals surface area contributed by atoms with Crippen molar-refractivity contribution in [2.24, 2.45) is 5.92 Å². The van der Waals surface area contributed by atoms with Gasteiger partial charge < -0.3 is 4.74 Å². The average molecular weight is 156 g/mol. The summed E-state index contributed by atoms with van der Waals surface area (Å²) in [7, 11) is 0. The fourth-order valence-electron chi connectivity index (χ4n) is 0.529. The maximum atomic E-state index is 5.54. The SMILES string of the molecule is CCC(C)COC(C)=C(C)C. The Labute approximate surface area is 70.4 Å². The maximum Gasteiger partial charge on any atom is 0.0915 e. The second kappa shape index (κ2) is 5.22. The molecule has 0 aliphatic rings. The maximum absolute atomic E-state index is 5.54. The first kappa shape index (κ1) is 10.5. The van der Waals surface area contributed by atoms with Crippen molar-refractivity contribution >= 4 is 0 Å². The molecule has 0 saturated carbocycles. The molecule has 1 atom stereocenters. The van der Waals surface area contributed by atoms with Crippen LogP contribution in [0.4, 0.5) is 0 Å². The fraction of sp³-hybridized carbons (Fsp3) is 0.800. The van der Waals surface area contributed by atoms with Crippen LogP contribution in [0.25, 0.3) is 0 Å². The van der Waals surface area contributed by atoms with Crippen molar-refractivity contribution in [3.05, 3.63) is 11.3 Å². The van der Waals surface area contributed by atoms with Gasteiger partial charge in [0.1, 0.15) is 0 Å². The predicted molar refractivity (Wildman–Crippen MR) is 49.5 cm³/mol. The van der Waals surface area contributed by atoms with Crippen LogP contribution in [-0.2, 0) is 4.74 Å². The zero-order valence-electron chi connectivity index (χ0n) is 8.40. The molecule has 1 heteroatoms. The third-order valence-corrected chi connectivity index (χ3v) is 1.99. The Morgan fingerprint density at radius 1 is 1.27 bits per heavy atom. The van der Waals surface area contributed by atoms with Crippen molar-refractivity contribution in [2.45, 2.75) is 41.0 Å². The molecular weight excluding hydrogens is 136 g/mol. The van der Waals surface area contributed by atoms with E-state index in [1.54, 1.807) is 0 Å². The molecule has 1 unspecified atom stereocenters. The number of ether oxygens (including phenoxy) is 1. The summed E-state index contributed by atoms with van der Waals surface area (Å²) in [4.78, 5) is 0. The first-order chi connectivity index (χ1) is 5.07. The first-order valence-corrected chi connectivity index (χ1v) is 4.34. The third-order valence-electron chi connectivity index (χ3n) is 1.99. The minimum Gasteiger partial charge on any atom is -0.498 e. The first-order valence-electron chi connectivity index (χ1n) is 4.34. The van der Waals surface area contributed by atoms with E-state index in [1.807, 2.05) is 6.92 Å². The second-order valence-corrected chi connectivity index (χ2v) is 3.38. The van der Waals surface area contributed by atoms with Crippen LogP contribution < -0.4 is 0 Å². The van der Waals surface area contributed by atoms with Crippen molar-refractivity contribution < 1.29 is 4.74 Å². The van der Waals surface area contributed by atoms with Crippen LogP contribution in [0.5, 0.6) is 0 Å². The highest BCUT2D eigenvalue weighted by molar-refractivity contribution is 4.98. The molecule has 0 amide bonds. The summed E-state index contributed by atoms with van der Waals surface area (Å²) in [6.45, 7) is 11.4. The van der Waals surface area contributed by atoms with E-state index in [-0.39, 0.29) is 0 Å². The predicted octanol–water partition coefficient (Wildman–Crippen LogP) is 3.36. The molecule has 0 bridgehead atoms. The lowest BCUT2D eigenvalue weighted by molar-refractivity contribution is 0.169. The van der Waals surface area contributed by atoms with Gasteiger partial charge in [-0.2, -0.15) is 0 Å². The number of rotatable bonds is 4. The summed E-state index contributed by atoms with van der Waals surface area (Å²) in [5.41, 5.74) is 1.27. The van der Waals surface area contributed by atoms with Crippen LogP contribution in [0.15, 0.2) is 11.3 Å². The molecule has 0 aromatic heterocycles. The molecule has 0 spiro atoms. The van der Waals surface area contributed by atoms with Gasteiger partial charge in [-0.25, -0.2) is 0 Å². The van der Waals surface area contributed by atoms with E-state index >= 15 is 0 Å². The van der Waals surface area contributed by atoms with Crippen LogP contribution in [0.2, 0.25) is 0 Å². The lowest BCUT2D eigenvalue weighted by Crippen LogP contribution is -2.03. The quantitative estimate of drug-likeness (QED) is 0.567. The Morgan fingerprint density at radius 3 is 2.18 bits per heavy atom. The van der Waals surface area contributed by atoms with Gasteiger partial charge in [0.05, 0.1) is 12.4 Å². The molecule has 0 aliphatic heterocycles. The molecule has 11 heavy (non-hydrogen) atoms. The van der Waals surface area contributed by atoms with Gasteiger partial charge in [0.2, 0.25) is 0 Å². The van der Waals surface area contributed by atoms with Crippen LogP contribution in [-0.4, -0.2) is 6.61 Å². The molecule has 0 radical (unpaired) electrons. The normalized spacial score (nSPS) is 12.5. The molecule has 66 valence electrons. The van der Waals surface area contributed by atoms with E-state index in [2.05, 4.69) is 27.7 Å². The van der Waals surface area contributed by atoms with Gasteiger partial charge in [-0.15, -0.1) is 0 Å². The molecule has 0 N–H and O–H groups in total. The van der Waals surface area contributed by atoms with Gasteiger partial charge in [0, 0.05) is 0 Å². The summed E-state index contributed by atoms with van der Waals surface area (Å²) in [5, 5.41) is 0. The van der Waals surface area contributed by atoms with Gasteiger partial charge in [-0.05, 0) is 32.3 Å². The summed E-state index contributed by atoms with van der Waals surface area (Å²) in [6.07, 6.45) is 1.19. The van der Waals surface area contributed by atoms with E-state index < -0.39 is 0 Å². The number of allylic oxidation sites excluding steroid dienone is 2. The molecule has 0 fully saturated rings. The van der Waals surface area contributed by atoms with Gasteiger partial charge in [-0.3, -0.25) is 0 Å². The number of hydrogen-bond donors (Lipinski definition) is 0. The van der Waals surface area contributed by atoms with E-state index in [0.717, 1.165) is 12.4 Å². The minimum absolute atomic E-state index is 0.671. The largest absolute Gasteiger partial charge is 0.498 e. The zero-order valence-corrected chi connectivity index (χ0v) is 8.40. The molecule has 0 rings (SSSR count). The molecule has 0 saturated heterocycles. The van der Waals surface area contributed by atoms with Crippen LogP contribution >= 0.6 is 0 Å². The third kappa shape index (κ3) is 4.88. The minimum atomic E-state index is 0.671. The molecule has 0 heterocycles. The van der Waals surface area contributed by atoms with E-state index in [9.17, 15) is 0 Å². The topological polar surface area (TPSA) is 9.23 Å². The van der Waals surface area contributed by atoms with Gasteiger partial charge >= 0.3 is 0 Å². The van der Waals surface area contributed by atoms with E-state index in [4.69, 9.17) is 4.74 Å². The molecular formula is C10H20O. The van der Waals surface area contributed by atoms with Crippen molar-refractivity contribution in [1.29, 1.82) is 0 Å². The molecule has 0 aromatic rings. The van der Waals surface area contributed by atoms with Gasteiger partial charge in [0.25, 0.3) is 0 Å².